The van der Waals surface area contributed by atoms with E-state index in [9.17, 15) is 0 Å². The van der Waals surface area contributed by atoms with Gasteiger partial charge in [-0.25, -0.2) is 0 Å². The van der Waals surface area contributed by atoms with E-state index in [1.807, 2.05) is 13.0 Å². The number of hydrogen-bond donors (Lipinski definition) is 1. The number of nitrogens with one attached hydrogen (secondary N) is 1. The Kier molecular flexibility index (Phi) is 7.76. The SMILES string of the molecule is CCOc1ccccc1C(C)NC(CC(C)C)CN(C)C. The van der Waals surface area contributed by atoms with Gasteiger partial charge in [0.1, 0.15) is 5.75 Å². The molecule has 0 saturated heterocycles. The van der Waals surface area contributed by atoms with Crippen LogP contribution >= 0.6 is 0 Å². The lowest BCUT2D eigenvalue weighted by Gasteiger charge is -2.28. The van der Waals surface area contributed by atoms with Gasteiger partial charge in [-0.05, 0) is 46.3 Å². The monoisotopic (exact) mass is 292 g/mol. The Hall–Kier alpha value is -1.06. The predicted molar refractivity (Wildman–Crippen MR) is 91.0 cm³/mol. The quantitative estimate of drug-likeness (QED) is 0.751. The van der Waals surface area contributed by atoms with Crippen LogP contribution in [-0.4, -0.2) is 38.2 Å². The molecule has 0 aliphatic carbocycles. The molecule has 2 unspecified atom stereocenters. The summed E-state index contributed by atoms with van der Waals surface area (Å²) >= 11 is 0. The molecule has 0 aliphatic heterocycles. The van der Waals surface area contributed by atoms with Crippen LogP contribution in [0.2, 0.25) is 0 Å². The van der Waals surface area contributed by atoms with Gasteiger partial charge in [0.15, 0.2) is 0 Å². The van der Waals surface area contributed by atoms with Gasteiger partial charge >= 0.3 is 0 Å². The van der Waals surface area contributed by atoms with Crippen molar-refractivity contribution in [2.75, 3.05) is 27.2 Å². The molecule has 0 bridgehead atoms. The summed E-state index contributed by atoms with van der Waals surface area (Å²) in [6.07, 6.45) is 1.18. The lowest BCUT2D eigenvalue weighted by atomic mass is 10.0. The van der Waals surface area contributed by atoms with Crippen LogP contribution in [-0.2, 0) is 0 Å². The minimum Gasteiger partial charge on any atom is -0.494 e. The average Bonchev–Trinajstić information content (AvgIpc) is 2.38. The first-order valence-corrected chi connectivity index (χ1v) is 8.06. The molecular weight excluding hydrogens is 260 g/mol. The zero-order chi connectivity index (χ0) is 15.8. The number of benzene rings is 1. The number of para-hydroxylation sites is 1. The molecule has 0 amide bonds. The van der Waals surface area contributed by atoms with Crippen molar-refractivity contribution in [3.63, 3.8) is 0 Å². The molecule has 0 saturated carbocycles. The van der Waals surface area contributed by atoms with Crippen LogP contribution in [0.25, 0.3) is 0 Å². The van der Waals surface area contributed by atoms with Crippen molar-refractivity contribution in [2.45, 2.75) is 46.2 Å². The molecule has 21 heavy (non-hydrogen) atoms. The van der Waals surface area contributed by atoms with E-state index in [0.717, 1.165) is 12.3 Å². The fourth-order valence-corrected chi connectivity index (χ4v) is 2.77. The lowest BCUT2D eigenvalue weighted by molar-refractivity contribution is 0.285. The van der Waals surface area contributed by atoms with E-state index in [0.29, 0.717) is 18.6 Å². The Morgan fingerprint density at radius 1 is 1.14 bits per heavy atom. The molecule has 1 aromatic carbocycles. The molecular formula is C18H32N2O. The molecule has 1 aromatic rings. The van der Waals surface area contributed by atoms with Crippen LogP contribution in [0, 0.1) is 5.92 Å². The maximum atomic E-state index is 5.75. The summed E-state index contributed by atoms with van der Waals surface area (Å²) in [6, 6.07) is 9.11. The van der Waals surface area contributed by atoms with Gasteiger partial charge in [0.05, 0.1) is 6.61 Å². The topological polar surface area (TPSA) is 24.5 Å². The first kappa shape index (κ1) is 18.0. The van der Waals surface area contributed by atoms with Gasteiger partial charge in [0.25, 0.3) is 0 Å². The lowest BCUT2D eigenvalue weighted by Crippen LogP contribution is -2.40. The highest BCUT2D eigenvalue weighted by Gasteiger charge is 2.18. The molecule has 0 fully saturated rings. The van der Waals surface area contributed by atoms with Gasteiger partial charge < -0.3 is 15.0 Å². The van der Waals surface area contributed by atoms with Crippen molar-refractivity contribution in [1.29, 1.82) is 0 Å². The molecule has 0 spiro atoms. The highest BCUT2D eigenvalue weighted by atomic mass is 16.5. The van der Waals surface area contributed by atoms with Crippen molar-refractivity contribution < 1.29 is 4.74 Å². The zero-order valence-corrected chi connectivity index (χ0v) is 14.5. The van der Waals surface area contributed by atoms with E-state index in [2.05, 4.69) is 63.3 Å². The second-order valence-corrected chi connectivity index (χ2v) is 6.45. The summed E-state index contributed by atoms with van der Waals surface area (Å²) in [5.41, 5.74) is 1.24. The summed E-state index contributed by atoms with van der Waals surface area (Å²) in [5, 5.41) is 3.77. The van der Waals surface area contributed by atoms with Crippen molar-refractivity contribution in [2.24, 2.45) is 5.92 Å². The molecule has 3 nitrogen and oxygen atoms in total. The normalized spacial score (nSPS) is 14.5. The maximum absolute atomic E-state index is 5.75. The molecule has 1 N–H and O–H groups in total. The first-order chi connectivity index (χ1) is 9.93. The van der Waals surface area contributed by atoms with Gasteiger partial charge in [-0.3, -0.25) is 0 Å². The predicted octanol–water partition coefficient (Wildman–Crippen LogP) is 3.71. The number of hydrogen-bond acceptors (Lipinski definition) is 3. The van der Waals surface area contributed by atoms with Gasteiger partial charge in [-0.15, -0.1) is 0 Å². The van der Waals surface area contributed by atoms with Crippen molar-refractivity contribution in [3.8, 4) is 5.75 Å². The van der Waals surface area contributed by atoms with Gasteiger partial charge in [-0.2, -0.15) is 0 Å². The fraction of sp³-hybridized carbons (Fsp3) is 0.667. The van der Waals surface area contributed by atoms with Crippen LogP contribution < -0.4 is 10.1 Å². The first-order valence-electron chi connectivity index (χ1n) is 8.06. The van der Waals surface area contributed by atoms with E-state index in [1.54, 1.807) is 0 Å². The summed E-state index contributed by atoms with van der Waals surface area (Å²) in [7, 11) is 4.27. The van der Waals surface area contributed by atoms with Gasteiger partial charge in [0, 0.05) is 24.2 Å². The molecule has 120 valence electrons. The minimum atomic E-state index is 0.288. The van der Waals surface area contributed by atoms with Crippen LogP contribution in [0.4, 0.5) is 0 Å². The molecule has 1 rings (SSSR count). The van der Waals surface area contributed by atoms with Crippen LogP contribution in [0.1, 0.15) is 45.7 Å². The number of nitrogens with zero attached hydrogens (tertiary/aromatic N) is 1. The van der Waals surface area contributed by atoms with Gasteiger partial charge in [0.2, 0.25) is 0 Å². The molecule has 0 heterocycles. The zero-order valence-electron chi connectivity index (χ0n) is 14.5. The molecule has 3 heteroatoms. The Labute approximate surface area is 130 Å². The Bertz CT molecular complexity index is 394. The Morgan fingerprint density at radius 3 is 2.38 bits per heavy atom. The van der Waals surface area contributed by atoms with E-state index in [4.69, 9.17) is 4.74 Å². The smallest absolute Gasteiger partial charge is 0.124 e. The largest absolute Gasteiger partial charge is 0.494 e. The number of ether oxygens (including phenoxy) is 1. The van der Waals surface area contributed by atoms with Crippen molar-refractivity contribution >= 4 is 0 Å². The van der Waals surface area contributed by atoms with Crippen LogP contribution in [0.5, 0.6) is 5.75 Å². The standard InChI is InChI=1S/C18H32N2O/c1-7-21-18-11-9-8-10-17(18)15(4)19-16(12-14(2)3)13-20(5)6/h8-11,14-16,19H,7,12-13H2,1-6H3. The molecule has 0 aliphatic rings. The van der Waals surface area contributed by atoms with Crippen molar-refractivity contribution in [1.82, 2.24) is 10.2 Å². The highest BCUT2D eigenvalue weighted by Crippen LogP contribution is 2.25. The molecule has 2 atom stereocenters. The summed E-state index contributed by atoms with van der Waals surface area (Å²) in [5.74, 6) is 1.69. The summed E-state index contributed by atoms with van der Waals surface area (Å²) in [4.78, 5) is 2.25. The average molecular weight is 292 g/mol. The summed E-state index contributed by atoms with van der Waals surface area (Å²) in [6.45, 7) is 10.6. The van der Waals surface area contributed by atoms with E-state index >= 15 is 0 Å². The Morgan fingerprint density at radius 2 is 1.81 bits per heavy atom. The third-order valence-corrected chi connectivity index (χ3v) is 3.51. The second-order valence-electron chi connectivity index (χ2n) is 6.45. The highest BCUT2D eigenvalue weighted by molar-refractivity contribution is 5.35. The summed E-state index contributed by atoms with van der Waals surface area (Å²) < 4.78 is 5.75. The third-order valence-electron chi connectivity index (χ3n) is 3.51. The fourth-order valence-electron chi connectivity index (χ4n) is 2.77. The second kappa shape index (κ2) is 9.06. The van der Waals surface area contributed by atoms with Crippen molar-refractivity contribution in [3.05, 3.63) is 29.8 Å². The van der Waals surface area contributed by atoms with E-state index in [-0.39, 0.29) is 6.04 Å². The van der Waals surface area contributed by atoms with Crippen LogP contribution in [0.3, 0.4) is 0 Å². The maximum Gasteiger partial charge on any atom is 0.124 e. The van der Waals surface area contributed by atoms with E-state index < -0.39 is 0 Å². The minimum absolute atomic E-state index is 0.288. The number of rotatable bonds is 9. The van der Waals surface area contributed by atoms with E-state index in [1.165, 1.54) is 12.0 Å². The molecule has 0 radical (unpaired) electrons. The van der Waals surface area contributed by atoms with Gasteiger partial charge in [-0.1, -0.05) is 32.0 Å². The third kappa shape index (κ3) is 6.49. The van der Waals surface area contributed by atoms with Crippen LogP contribution in [0.15, 0.2) is 24.3 Å². The number of likely N-dealkylation sites (N-methyl/N-ethyl adjacent to an activating group) is 1. The Balaban J connectivity index is 2.78. The molecule has 0 aromatic heterocycles.